The summed E-state index contributed by atoms with van der Waals surface area (Å²) in [6.07, 6.45) is -8.47. The van der Waals surface area contributed by atoms with Crippen LogP contribution < -0.4 is 5.32 Å². The van der Waals surface area contributed by atoms with Gasteiger partial charge in [-0.25, -0.2) is 0 Å². The highest BCUT2D eigenvalue weighted by atomic mass is 16.8. The average Bonchev–Trinajstić information content (AvgIpc) is 3.24. The van der Waals surface area contributed by atoms with Gasteiger partial charge in [0.1, 0.15) is 73.2 Å². The van der Waals surface area contributed by atoms with Gasteiger partial charge in [-0.15, -0.1) is 0 Å². The van der Waals surface area contributed by atoms with E-state index in [0.29, 0.717) is 6.42 Å². The van der Waals surface area contributed by atoms with E-state index in [9.17, 15) is 61.0 Å². The molecule has 60 heavy (non-hydrogen) atoms. The number of ether oxygens (including phenoxy) is 6. The zero-order valence-corrected chi connectivity index (χ0v) is 35.2. The van der Waals surface area contributed by atoms with E-state index in [1.807, 2.05) is 6.08 Å². The lowest BCUT2D eigenvalue weighted by Gasteiger charge is -2.48. The molecule has 3 aliphatic rings. The Hall–Kier alpha value is -1.47. The Morgan fingerprint density at radius 2 is 1.03 bits per heavy atom. The van der Waals surface area contributed by atoms with Gasteiger partial charge in [-0.2, -0.15) is 0 Å². The number of carbonyl (C=O) groups excluding carboxylic acids is 1. The fraction of sp³-hybridized carbons (Fsp3) is 0.927. The number of aliphatic hydroxyl groups is 11. The minimum atomic E-state index is -1.97. The Kier molecular flexibility index (Phi) is 25.0. The summed E-state index contributed by atoms with van der Waals surface area (Å²) in [7, 11) is 0. The molecule has 19 heteroatoms. The number of carbonyl (C=O) groups is 1. The number of aliphatic hydroxyl groups excluding tert-OH is 11. The van der Waals surface area contributed by atoms with Gasteiger partial charge in [-0.05, 0) is 19.3 Å². The largest absolute Gasteiger partial charge is 0.394 e. The van der Waals surface area contributed by atoms with Gasteiger partial charge in [0.05, 0.1) is 38.6 Å². The smallest absolute Gasteiger partial charge is 0.220 e. The van der Waals surface area contributed by atoms with Crippen LogP contribution >= 0.6 is 0 Å². The van der Waals surface area contributed by atoms with Crippen LogP contribution in [0.25, 0.3) is 0 Å². The summed E-state index contributed by atoms with van der Waals surface area (Å²) in [6, 6.07) is -0.960. The second-order valence-electron chi connectivity index (χ2n) is 16.2. The lowest BCUT2D eigenvalue weighted by Crippen LogP contribution is -2.66. The van der Waals surface area contributed by atoms with Crippen molar-refractivity contribution in [2.75, 3.05) is 26.4 Å². The fourth-order valence-electron chi connectivity index (χ4n) is 7.54. The molecule has 0 bridgehead atoms. The molecule has 17 unspecified atom stereocenters. The average molecular weight is 870 g/mol. The van der Waals surface area contributed by atoms with E-state index >= 15 is 0 Å². The van der Waals surface area contributed by atoms with Crippen molar-refractivity contribution in [3.63, 3.8) is 0 Å². The van der Waals surface area contributed by atoms with Crippen LogP contribution in [0.1, 0.15) is 110 Å². The predicted molar refractivity (Wildman–Crippen MR) is 213 cm³/mol. The van der Waals surface area contributed by atoms with E-state index in [1.165, 1.54) is 19.3 Å². The minimum Gasteiger partial charge on any atom is -0.394 e. The van der Waals surface area contributed by atoms with Crippen LogP contribution in [0.4, 0.5) is 0 Å². The van der Waals surface area contributed by atoms with Gasteiger partial charge in [-0.3, -0.25) is 4.79 Å². The number of nitrogens with one attached hydrogen (secondary N) is 1. The first kappa shape index (κ1) is 52.9. The molecule has 0 aliphatic carbocycles. The molecule has 12 N–H and O–H groups in total. The van der Waals surface area contributed by atoms with Gasteiger partial charge >= 0.3 is 0 Å². The number of amides is 1. The van der Waals surface area contributed by atoms with Gasteiger partial charge in [0.15, 0.2) is 18.9 Å². The molecule has 3 rings (SSSR count). The quantitative estimate of drug-likeness (QED) is 0.0323. The normalized spacial score (nSPS) is 36.0. The summed E-state index contributed by atoms with van der Waals surface area (Å²) in [5, 5.41) is 119. The van der Waals surface area contributed by atoms with Gasteiger partial charge in [-0.1, -0.05) is 96.6 Å². The SMILES string of the molecule is CCCCCCCC/C=C/C(O)C(COC1OC(CO)C(OC2OC(CO)C(OC3OC(CO)C(O)C(O)C3O)C(O)C2O)C(O)C1O)NC(=O)CCCCCCCCC. The molecule has 0 spiro atoms. The van der Waals surface area contributed by atoms with E-state index in [4.69, 9.17) is 28.4 Å². The maximum atomic E-state index is 13.0. The van der Waals surface area contributed by atoms with Crippen LogP contribution in [-0.4, -0.2) is 193 Å². The summed E-state index contributed by atoms with van der Waals surface area (Å²) >= 11 is 0. The number of hydrogen-bond donors (Lipinski definition) is 12. The van der Waals surface area contributed by atoms with Crippen LogP contribution in [-0.2, 0) is 33.2 Å². The van der Waals surface area contributed by atoms with Gasteiger partial charge < -0.3 is 89.9 Å². The number of unbranched alkanes of at least 4 members (excludes halogenated alkanes) is 12. The highest BCUT2D eigenvalue weighted by Crippen LogP contribution is 2.33. The van der Waals surface area contributed by atoms with Crippen molar-refractivity contribution < 1.29 is 89.4 Å². The van der Waals surface area contributed by atoms with Gasteiger partial charge in [0.2, 0.25) is 5.91 Å². The first-order chi connectivity index (χ1) is 28.8. The lowest BCUT2D eigenvalue weighted by atomic mass is 9.96. The number of rotatable bonds is 28. The lowest BCUT2D eigenvalue weighted by molar-refractivity contribution is -0.379. The van der Waals surface area contributed by atoms with Crippen molar-refractivity contribution in [1.82, 2.24) is 5.32 Å². The standard InChI is InChI=1S/C41H75NO18/c1-3-5-7-9-11-13-14-16-18-25(46)24(42-29(47)19-17-15-12-10-8-6-4-2)23-55-39-35(53)32(50)37(27(21-44)57-39)60-41-36(54)33(51)38(28(22-45)58-41)59-40-34(52)31(49)30(48)26(20-43)56-40/h16,18,24-28,30-41,43-46,48-54H,3-15,17,19-23H2,1-2H3,(H,42,47)/b18-16+. The fourth-order valence-corrected chi connectivity index (χ4v) is 7.54. The van der Waals surface area contributed by atoms with E-state index in [1.54, 1.807) is 6.08 Å². The highest BCUT2D eigenvalue weighted by Gasteiger charge is 2.53. The molecular weight excluding hydrogens is 794 g/mol. The first-order valence-electron chi connectivity index (χ1n) is 21.9. The maximum absolute atomic E-state index is 13.0. The molecule has 1 amide bonds. The van der Waals surface area contributed by atoms with Crippen molar-refractivity contribution >= 4 is 5.91 Å². The molecule has 3 heterocycles. The Bertz CT molecular complexity index is 1180. The molecular formula is C41H75NO18. The third-order valence-electron chi connectivity index (χ3n) is 11.3. The zero-order valence-electron chi connectivity index (χ0n) is 35.2. The van der Waals surface area contributed by atoms with Crippen LogP contribution in [0, 0.1) is 0 Å². The molecule has 0 saturated carbocycles. The van der Waals surface area contributed by atoms with E-state index in [2.05, 4.69) is 19.2 Å². The van der Waals surface area contributed by atoms with Crippen LogP contribution in [0.2, 0.25) is 0 Å². The maximum Gasteiger partial charge on any atom is 0.220 e. The molecule has 3 aliphatic heterocycles. The zero-order chi connectivity index (χ0) is 44.2. The Morgan fingerprint density at radius 3 is 1.57 bits per heavy atom. The van der Waals surface area contributed by atoms with Crippen molar-refractivity contribution in [2.24, 2.45) is 0 Å². The van der Waals surface area contributed by atoms with Gasteiger partial charge in [0.25, 0.3) is 0 Å². The molecule has 0 radical (unpaired) electrons. The predicted octanol–water partition coefficient (Wildman–Crippen LogP) is -1.26. The Labute approximate surface area is 353 Å². The van der Waals surface area contributed by atoms with Crippen LogP contribution in [0.15, 0.2) is 12.2 Å². The second kappa shape index (κ2) is 28.3. The van der Waals surface area contributed by atoms with Crippen molar-refractivity contribution in [3.8, 4) is 0 Å². The van der Waals surface area contributed by atoms with Crippen LogP contribution in [0.3, 0.4) is 0 Å². The van der Waals surface area contributed by atoms with Crippen LogP contribution in [0.5, 0.6) is 0 Å². The molecule has 17 atom stereocenters. The molecule has 0 aromatic heterocycles. The van der Waals surface area contributed by atoms with Crippen molar-refractivity contribution in [3.05, 3.63) is 12.2 Å². The molecule has 3 saturated heterocycles. The third kappa shape index (κ3) is 16.0. The van der Waals surface area contributed by atoms with Crippen molar-refractivity contribution in [2.45, 2.75) is 214 Å². The molecule has 19 nitrogen and oxygen atoms in total. The number of hydrogen-bond acceptors (Lipinski definition) is 18. The summed E-state index contributed by atoms with van der Waals surface area (Å²) in [5.41, 5.74) is 0. The topological polar surface area (TPSA) is 307 Å². The molecule has 3 fully saturated rings. The Morgan fingerprint density at radius 1 is 0.583 bits per heavy atom. The molecule has 0 aromatic carbocycles. The minimum absolute atomic E-state index is 0.243. The van der Waals surface area contributed by atoms with Gasteiger partial charge in [0, 0.05) is 6.42 Å². The highest BCUT2D eigenvalue weighted by molar-refractivity contribution is 5.76. The monoisotopic (exact) mass is 869 g/mol. The summed E-state index contributed by atoms with van der Waals surface area (Å²) in [4.78, 5) is 13.0. The Balaban J connectivity index is 1.62. The summed E-state index contributed by atoms with van der Waals surface area (Å²) in [5.74, 6) is -0.289. The van der Waals surface area contributed by atoms with E-state index in [0.717, 1.165) is 64.2 Å². The number of allylic oxidation sites excluding steroid dienone is 1. The summed E-state index contributed by atoms with van der Waals surface area (Å²) < 4.78 is 33.9. The first-order valence-corrected chi connectivity index (χ1v) is 21.9. The molecule has 352 valence electrons. The summed E-state index contributed by atoms with van der Waals surface area (Å²) in [6.45, 7) is 1.54. The molecule has 0 aromatic rings. The van der Waals surface area contributed by atoms with E-state index < -0.39 is 124 Å². The van der Waals surface area contributed by atoms with Crippen molar-refractivity contribution in [1.29, 1.82) is 0 Å². The third-order valence-corrected chi connectivity index (χ3v) is 11.3. The second-order valence-corrected chi connectivity index (χ2v) is 16.2. The van der Waals surface area contributed by atoms with E-state index in [-0.39, 0.29) is 18.9 Å².